The molecule has 1 aliphatic heterocycles. The van der Waals surface area contributed by atoms with E-state index in [1.165, 1.54) is 5.56 Å². The van der Waals surface area contributed by atoms with Gasteiger partial charge in [0.15, 0.2) is 0 Å². The maximum atomic E-state index is 12.1. The molecule has 0 radical (unpaired) electrons. The fourth-order valence-corrected chi connectivity index (χ4v) is 2.85. The highest BCUT2D eigenvalue weighted by Crippen LogP contribution is 2.17. The van der Waals surface area contributed by atoms with Crippen LogP contribution in [-0.2, 0) is 4.79 Å². The summed E-state index contributed by atoms with van der Waals surface area (Å²) in [5.41, 5.74) is 6.88. The van der Waals surface area contributed by atoms with Crippen molar-refractivity contribution in [3.8, 4) is 5.75 Å². The Morgan fingerprint density at radius 1 is 1.32 bits per heavy atom. The molecule has 0 atom stereocenters. The standard InChI is InChI=1S/C18H28N2O2/c1-15-5-4-6-17(13-15)22-12-3-2-7-18(21)20-10-8-16(14-19)9-11-20/h4-6,13,16H,2-3,7-12,14,19H2,1H3. The summed E-state index contributed by atoms with van der Waals surface area (Å²) in [5, 5.41) is 0. The predicted octanol–water partition coefficient (Wildman–Crippen LogP) is 2.74. The minimum absolute atomic E-state index is 0.283. The quantitative estimate of drug-likeness (QED) is 0.788. The number of benzene rings is 1. The number of nitrogens with two attached hydrogens (primary N) is 1. The normalized spacial score (nSPS) is 15.8. The molecule has 1 aliphatic rings. The van der Waals surface area contributed by atoms with Crippen molar-refractivity contribution in [1.29, 1.82) is 0 Å². The Labute approximate surface area is 133 Å². The molecule has 122 valence electrons. The van der Waals surface area contributed by atoms with Crippen molar-refractivity contribution < 1.29 is 9.53 Å². The Hall–Kier alpha value is -1.55. The summed E-state index contributed by atoms with van der Waals surface area (Å²) < 4.78 is 5.70. The van der Waals surface area contributed by atoms with Gasteiger partial charge in [0.2, 0.25) is 5.91 Å². The van der Waals surface area contributed by atoms with E-state index in [1.807, 2.05) is 23.1 Å². The van der Waals surface area contributed by atoms with Crippen molar-refractivity contribution in [1.82, 2.24) is 4.90 Å². The zero-order valence-electron chi connectivity index (χ0n) is 13.6. The minimum atomic E-state index is 0.283. The molecule has 22 heavy (non-hydrogen) atoms. The van der Waals surface area contributed by atoms with E-state index in [1.54, 1.807) is 0 Å². The highest BCUT2D eigenvalue weighted by atomic mass is 16.5. The van der Waals surface area contributed by atoms with Crippen molar-refractivity contribution in [2.45, 2.75) is 39.0 Å². The molecule has 2 rings (SSSR count). The summed E-state index contributed by atoms with van der Waals surface area (Å²) in [7, 11) is 0. The minimum Gasteiger partial charge on any atom is -0.494 e. The van der Waals surface area contributed by atoms with Gasteiger partial charge in [0.25, 0.3) is 0 Å². The lowest BCUT2D eigenvalue weighted by Gasteiger charge is -2.31. The Kier molecular flexibility index (Phi) is 6.72. The summed E-state index contributed by atoms with van der Waals surface area (Å²) >= 11 is 0. The van der Waals surface area contributed by atoms with Gasteiger partial charge in [0.1, 0.15) is 5.75 Å². The first-order valence-electron chi connectivity index (χ1n) is 8.36. The molecular formula is C18H28N2O2. The number of hydrogen-bond donors (Lipinski definition) is 1. The lowest BCUT2D eigenvalue weighted by atomic mass is 9.97. The third-order valence-corrected chi connectivity index (χ3v) is 4.34. The van der Waals surface area contributed by atoms with Gasteiger partial charge in [0, 0.05) is 19.5 Å². The molecule has 0 bridgehead atoms. The van der Waals surface area contributed by atoms with Gasteiger partial charge >= 0.3 is 0 Å². The van der Waals surface area contributed by atoms with Gasteiger partial charge in [-0.3, -0.25) is 4.79 Å². The lowest BCUT2D eigenvalue weighted by molar-refractivity contribution is -0.132. The third kappa shape index (κ3) is 5.34. The van der Waals surface area contributed by atoms with E-state index in [0.29, 0.717) is 18.9 Å². The molecule has 1 aromatic carbocycles. The second kappa shape index (κ2) is 8.79. The van der Waals surface area contributed by atoms with Gasteiger partial charge in [-0.05, 0) is 62.8 Å². The molecule has 1 saturated heterocycles. The Morgan fingerprint density at radius 3 is 2.77 bits per heavy atom. The third-order valence-electron chi connectivity index (χ3n) is 4.34. The van der Waals surface area contributed by atoms with Crippen LogP contribution in [0, 0.1) is 12.8 Å². The average molecular weight is 304 g/mol. The Morgan fingerprint density at radius 2 is 2.09 bits per heavy atom. The highest BCUT2D eigenvalue weighted by molar-refractivity contribution is 5.76. The topological polar surface area (TPSA) is 55.6 Å². The molecule has 0 aromatic heterocycles. The van der Waals surface area contributed by atoms with Crippen molar-refractivity contribution in [2.75, 3.05) is 26.2 Å². The molecular weight excluding hydrogens is 276 g/mol. The molecule has 4 heteroatoms. The number of likely N-dealkylation sites (tertiary alicyclic amines) is 1. The van der Waals surface area contributed by atoms with Crippen molar-refractivity contribution in [3.05, 3.63) is 29.8 Å². The molecule has 1 heterocycles. The van der Waals surface area contributed by atoms with E-state index in [-0.39, 0.29) is 5.91 Å². The number of piperidine rings is 1. The van der Waals surface area contributed by atoms with E-state index in [2.05, 4.69) is 13.0 Å². The summed E-state index contributed by atoms with van der Waals surface area (Å²) in [5.74, 6) is 1.80. The lowest BCUT2D eigenvalue weighted by Crippen LogP contribution is -2.39. The summed E-state index contributed by atoms with van der Waals surface area (Å²) in [6.45, 7) is 5.23. The number of hydrogen-bond acceptors (Lipinski definition) is 3. The van der Waals surface area contributed by atoms with E-state index < -0.39 is 0 Å². The summed E-state index contributed by atoms with van der Waals surface area (Å²) in [6.07, 6.45) is 4.54. The molecule has 1 amide bonds. The molecule has 2 N–H and O–H groups in total. The van der Waals surface area contributed by atoms with Gasteiger partial charge in [-0.15, -0.1) is 0 Å². The van der Waals surface area contributed by atoms with Crippen LogP contribution in [0.15, 0.2) is 24.3 Å². The predicted molar refractivity (Wildman–Crippen MR) is 88.9 cm³/mol. The van der Waals surface area contributed by atoms with E-state index in [0.717, 1.165) is 51.1 Å². The number of nitrogens with zero attached hydrogens (tertiary/aromatic N) is 1. The molecule has 0 unspecified atom stereocenters. The van der Waals surface area contributed by atoms with Gasteiger partial charge in [-0.1, -0.05) is 12.1 Å². The first kappa shape index (κ1) is 16.8. The van der Waals surface area contributed by atoms with Crippen molar-refractivity contribution >= 4 is 5.91 Å². The van der Waals surface area contributed by atoms with Crippen LogP contribution >= 0.6 is 0 Å². The fourth-order valence-electron chi connectivity index (χ4n) is 2.85. The van der Waals surface area contributed by atoms with Crippen LogP contribution in [0.2, 0.25) is 0 Å². The van der Waals surface area contributed by atoms with Crippen molar-refractivity contribution in [2.24, 2.45) is 11.7 Å². The van der Waals surface area contributed by atoms with E-state index >= 15 is 0 Å². The Bertz CT molecular complexity index is 468. The van der Waals surface area contributed by atoms with Crippen LogP contribution in [0.3, 0.4) is 0 Å². The van der Waals surface area contributed by atoms with Gasteiger partial charge in [0.05, 0.1) is 6.61 Å². The highest BCUT2D eigenvalue weighted by Gasteiger charge is 2.21. The first-order valence-corrected chi connectivity index (χ1v) is 8.36. The number of rotatable bonds is 7. The molecule has 0 spiro atoms. The number of ether oxygens (including phenoxy) is 1. The second-order valence-corrected chi connectivity index (χ2v) is 6.18. The number of amides is 1. The first-order chi connectivity index (χ1) is 10.7. The van der Waals surface area contributed by atoms with E-state index in [4.69, 9.17) is 10.5 Å². The number of unbranched alkanes of at least 4 members (excludes halogenated alkanes) is 1. The van der Waals surface area contributed by atoms with Crippen LogP contribution in [0.4, 0.5) is 0 Å². The maximum absolute atomic E-state index is 12.1. The number of carbonyl (C=O) groups excluding carboxylic acids is 1. The molecule has 4 nitrogen and oxygen atoms in total. The summed E-state index contributed by atoms with van der Waals surface area (Å²) in [6, 6.07) is 8.06. The zero-order valence-corrected chi connectivity index (χ0v) is 13.6. The fraction of sp³-hybridized carbons (Fsp3) is 0.611. The van der Waals surface area contributed by atoms with Crippen molar-refractivity contribution in [3.63, 3.8) is 0 Å². The largest absolute Gasteiger partial charge is 0.494 e. The second-order valence-electron chi connectivity index (χ2n) is 6.18. The molecule has 0 aliphatic carbocycles. The molecule has 1 fully saturated rings. The monoisotopic (exact) mass is 304 g/mol. The smallest absolute Gasteiger partial charge is 0.222 e. The zero-order chi connectivity index (χ0) is 15.8. The average Bonchev–Trinajstić information content (AvgIpc) is 2.54. The van der Waals surface area contributed by atoms with Crippen LogP contribution < -0.4 is 10.5 Å². The van der Waals surface area contributed by atoms with Crippen LogP contribution in [0.25, 0.3) is 0 Å². The molecule has 0 saturated carbocycles. The molecule has 1 aromatic rings. The van der Waals surface area contributed by atoms with Gasteiger partial charge in [-0.25, -0.2) is 0 Å². The summed E-state index contributed by atoms with van der Waals surface area (Å²) in [4.78, 5) is 14.1. The van der Waals surface area contributed by atoms with Crippen LogP contribution in [0.1, 0.15) is 37.7 Å². The van der Waals surface area contributed by atoms with Gasteiger partial charge < -0.3 is 15.4 Å². The maximum Gasteiger partial charge on any atom is 0.222 e. The van der Waals surface area contributed by atoms with Crippen LogP contribution in [0.5, 0.6) is 5.75 Å². The van der Waals surface area contributed by atoms with Crippen LogP contribution in [-0.4, -0.2) is 37.0 Å². The Balaban J connectivity index is 1.57. The van der Waals surface area contributed by atoms with E-state index in [9.17, 15) is 4.79 Å². The number of carbonyl (C=O) groups is 1. The van der Waals surface area contributed by atoms with Gasteiger partial charge in [-0.2, -0.15) is 0 Å². The number of aryl methyl sites for hydroxylation is 1. The SMILES string of the molecule is Cc1cccc(OCCCCC(=O)N2CCC(CN)CC2)c1.